The van der Waals surface area contributed by atoms with Gasteiger partial charge in [0.2, 0.25) is 12.7 Å². The number of amides is 1. The number of carbonyl (C=O) groups is 1. The second kappa shape index (κ2) is 8.63. The summed E-state index contributed by atoms with van der Waals surface area (Å²) >= 11 is 0. The van der Waals surface area contributed by atoms with Crippen LogP contribution in [-0.2, 0) is 11.3 Å². The Bertz CT molecular complexity index is 1360. The van der Waals surface area contributed by atoms with Crippen LogP contribution in [0.1, 0.15) is 47.2 Å². The average Bonchev–Trinajstić information content (AvgIpc) is 3.68. The maximum atomic E-state index is 14.4. The molecule has 3 fully saturated rings. The van der Waals surface area contributed by atoms with Gasteiger partial charge in [0.15, 0.2) is 11.5 Å². The minimum atomic E-state index is -0.118. The lowest BCUT2D eigenvalue weighted by atomic mass is 9.80. The number of hydrogen-bond acceptors (Lipinski definition) is 5. The maximum Gasteiger partial charge on any atom is 0.231 e. The van der Waals surface area contributed by atoms with Gasteiger partial charge in [-0.2, -0.15) is 0 Å². The lowest BCUT2D eigenvalue weighted by molar-refractivity contribution is -0.134. The van der Waals surface area contributed by atoms with Gasteiger partial charge in [0.25, 0.3) is 0 Å². The third-order valence-corrected chi connectivity index (χ3v) is 8.66. The average molecular weight is 495 g/mol. The highest BCUT2D eigenvalue weighted by atomic mass is 16.7. The number of likely N-dealkylation sites (tertiary alicyclic amines) is 1. The van der Waals surface area contributed by atoms with E-state index in [0.717, 1.165) is 42.0 Å². The standard InChI is InChI=1S/C30H30N4O3/c31-29(32)21-11-9-20(10-12-21)28-26-25(22-7-4-14-33(22)28)27(19-5-2-1-3-6-19)34(30(26)35)16-18-8-13-23-24(15-18)37-17-36-23/h1-3,5-6,8-13,15,22,25-28H,4,7,14,16-17H2,(H3,31,32)/t22-,25-,26-,27+,28-/m0/s1. The predicted molar refractivity (Wildman–Crippen MR) is 139 cm³/mol. The van der Waals surface area contributed by atoms with Crippen molar-refractivity contribution in [3.05, 3.63) is 95.1 Å². The normalized spacial score (nSPS) is 27.9. The van der Waals surface area contributed by atoms with Gasteiger partial charge in [0.05, 0.1) is 12.0 Å². The molecule has 4 aliphatic rings. The van der Waals surface area contributed by atoms with E-state index in [4.69, 9.17) is 20.6 Å². The van der Waals surface area contributed by atoms with Crippen molar-refractivity contribution < 1.29 is 14.3 Å². The first-order valence-electron chi connectivity index (χ1n) is 13.0. The summed E-state index contributed by atoms with van der Waals surface area (Å²) in [5.74, 6) is 1.86. The molecule has 188 valence electrons. The number of nitrogens with one attached hydrogen (secondary N) is 1. The largest absolute Gasteiger partial charge is 0.454 e. The van der Waals surface area contributed by atoms with Crippen LogP contribution < -0.4 is 15.2 Å². The molecule has 7 nitrogen and oxygen atoms in total. The molecule has 7 heteroatoms. The lowest BCUT2D eigenvalue weighted by Crippen LogP contribution is -2.37. The van der Waals surface area contributed by atoms with E-state index in [1.165, 1.54) is 5.56 Å². The van der Waals surface area contributed by atoms with E-state index in [2.05, 4.69) is 46.2 Å². The van der Waals surface area contributed by atoms with Crippen molar-refractivity contribution in [2.75, 3.05) is 13.3 Å². The minimum absolute atomic E-state index is 0.0104. The molecule has 3 saturated heterocycles. The van der Waals surface area contributed by atoms with Gasteiger partial charge >= 0.3 is 0 Å². The number of ether oxygens (including phenoxy) is 2. The van der Waals surface area contributed by atoms with Gasteiger partial charge in [-0.25, -0.2) is 0 Å². The summed E-state index contributed by atoms with van der Waals surface area (Å²) in [6.07, 6.45) is 2.26. The highest BCUT2D eigenvalue weighted by molar-refractivity contribution is 5.95. The third kappa shape index (κ3) is 3.52. The highest BCUT2D eigenvalue weighted by Crippen LogP contribution is 2.59. The fraction of sp³-hybridized carbons (Fsp3) is 0.333. The van der Waals surface area contributed by atoms with E-state index in [-0.39, 0.29) is 42.5 Å². The van der Waals surface area contributed by atoms with Crippen LogP contribution in [0.2, 0.25) is 0 Å². The zero-order valence-corrected chi connectivity index (χ0v) is 20.5. The summed E-state index contributed by atoms with van der Waals surface area (Å²) in [6.45, 7) is 1.78. The van der Waals surface area contributed by atoms with Crippen LogP contribution in [-0.4, -0.2) is 40.9 Å². The zero-order chi connectivity index (χ0) is 25.1. The molecule has 37 heavy (non-hydrogen) atoms. The van der Waals surface area contributed by atoms with Gasteiger partial charge in [-0.05, 0) is 48.2 Å². The lowest BCUT2D eigenvalue weighted by Gasteiger charge is -2.34. The van der Waals surface area contributed by atoms with Crippen molar-refractivity contribution in [2.45, 2.75) is 37.5 Å². The molecule has 0 unspecified atom stereocenters. The number of carbonyl (C=O) groups excluding carboxylic acids is 1. The quantitative estimate of drug-likeness (QED) is 0.409. The minimum Gasteiger partial charge on any atom is -0.454 e. The van der Waals surface area contributed by atoms with Crippen LogP contribution in [0.25, 0.3) is 0 Å². The highest BCUT2D eigenvalue weighted by Gasteiger charge is 2.62. The van der Waals surface area contributed by atoms with Gasteiger partial charge in [0, 0.05) is 30.1 Å². The maximum absolute atomic E-state index is 14.4. The smallest absolute Gasteiger partial charge is 0.231 e. The Kier molecular flexibility index (Phi) is 5.22. The van der Waals surface area contributed by atoms with Crippen LogP contribution in [0.3, 0.4) is 0 Å². The second-order valence-electron chi connectivity index (χ2n) is 10.5. The second-order valence-corrected chi connectivity index (χ2v) is 10.5. The Labute approximate surface area is 216 Å². The Hall–Kier alpha value is -3.84. The van der Waals surface area contributed by atoms with Crippen LogP contribution >= 0.6 is 0 Å². The van der Waals surface area contributed by atoms with E-state index in [1.807, 2.05) is 36.4 Å². The van der Waals surface area contributed by atoms with Crippen molar-refractivity contribution in [1.29, 1.82) is 5.41 Å². The molecule has 0 spiro atoms. The molecule has 3 aromatic carbocycles. The molecule has 7 rings (SSSR count). The van der Waals surface area contributed by atoms with Crippen LogP contribution in [0.4, 0.5) is 0 Å². The van der Waals surface area contributed by atoms with E-state index < -0.39 is 0 Å². The van der Waals surface area contributed by atoms with Crippen molar-refractivity contribution in [3.63, 3.8) is 0 Å². The molecule has 3 aromatic rings. The number of amidine groups is 1. The number of nitrogen functional groups attached to an aromatic ring is 1. The van der Waals surface area contributed by atoms with Gasteiger partial charge in [-0.3, -0.25) is 15.1 Å². The van der Waals surface area contributed by atoms with E-state index in [9.17, 15) is 4.79 Å². The molecule has 4 heterocycles. The Morgan fingerprint density at radius 3 is 2.49 bits per heavy atom. The summed E-state index contributed by atoms with van der Waals surface area (Å²) in [4.78, 5) is 19.1. The number of hydrogen-bond donors (Lipinski definition) is 2. The molecule has 3 N–H and O–H groups in total. The zero-order valence-electron chi connectivity index (χ0n) is 20.5. The summed E-state index contributed by atoms with van der Waals surface area (Å²) in [7, 11) is 0. The molecular formula is C30H30N4O3. The molecule has 1 amide bonds. The fourth-order valence-electron chi connectivity index (χ4n) is 7.20. The Balaban J connectivity index is 1.30. The topological polar surface area (TPSA) is 91.9 Å². The Morgan fingerprint density at radius 2 is 1.70 bits per heavy atom. The predicted octanol–water partition coefficient (Wildman–Crippen LogP) is 4.23. The fourth-order valence-corrected chi connectivity index (χ4v) is 7.20. The number of rotatable bonds is 5. The van der Waals surface area contributed by atoms with Gasteiger partial charge in [-0.1, -0.05) is 60.7 Å². The number of benzene rings is 3. The van der Waals surface area contributed by atoms with Crippen LogP contribution in [0.15, 0.2) is 72.8 Å². The van der Waals surface area contributed by atoms with Crippen LogP contribution in [0.5, 0.6) is 11.5 Å². The van der Waals surface area contributed by atoms with Crippen molar-refractivity contribution >= 4 is 11.7 Å². The first-order chi connectivity index (χ1) is 18.1. The van der Waals surface area contributed by atoms with E-state index >= 15 is 0 Å². The molecular weight excluding hydrogens is 464 g/mol. The molecule has 0 saturated carbocycles. The number of nitrogens with zero attached hydrogens (tertiary/aromatic N) is 2. The molecule has 0 radical (unpaired) electrons. The van der Waals surface area contributed by atoms with E-state index in [0.29, 0.717) is 18.2 Å². The summed E-state index contributed by atoms with van der Waals surface area (Å²) in [6, 6.07) is 24.8. The molecule has 0 bridgehead atoms. The molecule has 0 aliphatic carbocycles. The number of nitrogens with two attached hydrogens (primary N) is 1. The van der Waals surface area contributed by atoms with Gasteiger partial charge < -0.3 is 20.1 Å². The Morgan fingerprint density at radius 1 is 0.946 bits per heavy atom. The summed E-state index contributed by atoms with van der Waals surface area (Å²) in [5.41, 5.74) is 9.80. The summed E-state index contributed by atoms with van der Waals surface area (Å²) in [5, 5.41) is 7.77. The van der Waals surface area contributed by atoms with Crippen molar-refractivity contribution in [1.82, 2.24) is 9.80 Å². The molecule has 4 aliphatic heterocycles. The monoisotopic (exact) mass is 494 g/mol. The van der Waals surface area contributed by atoms with Gasteiger partial charge in [-0.15, -0.1) is 0 Å². The first-order valence-corrected chi connectivity index (χ1v) is 13.0. The number of fused-ring (bicyclic) bond motifs is 4. The SMILES string of the molecule is N=C(N)c1ccc([C@H]2[C@H]3C(=O)N(Cc4ccc5c(c4)OCO5)[C@H](c4ccccc4)[C@H]3[C@@H]3CCCN32)cc1. The van der Waals surface area contributed by atoms with Crippen molar-refractivity contribution in [3.8, 4) is 11.5 Å². The van der Waals surface area contributed by atoms with Crippen LogP contribution in [0, 0.1) is 17.2 Å². The third-order valence-electron chi connectivity index (χ3n) is 8.66. The van der Waals surface area contributed by atoms with Gasteiger partial charge in [0.1, 0.15) is 5.84 Å². The summed E-state index contributed by atoms with van der Waals surface area (Å²) < 4.78 is 11.1. The first kappa shape index (κ1) is 22.4. The van der Waals surface area contributed by atoms with Crippen molar-refractivity contribution in [2.24, 2.45) is 17.6 Å². The van der Waals surface area contributed by atoms with E-state index in [1.54, 1.807) is 0 Å². The molecule has 5 atom stereocenters. The molecule has 0 aromatic heterocycles.